The molecule has 0 radical (unpaired) electrons. The van der Waals surface area contributed by atoms with E-state index in [2.05, 4.69) is 15.3 Å². The second-order valence-corrected chi connectivity index (χ2v) is 8.56. The normalized spacial score (nSPS) is 15.8. The first-order valence-electron chi connectivity index (χ1n) is 11.3. The summed E-state index contributed by atoms with van der Waals surface area (Å²) in [4.78, 5) is 43.2. The number of carbonyl (C=O) groups is 1. The highest BCUT2D eigenvalue weighted by atomic mass is 16.5. The Hall–Kier alpha value is -4.24. The van der Waals surface area contributed by atoms with Crippen molar-refractivity contribution in [3.8, 4) is 0 Å². The van der Waals surface area contributed by atoms with Crippen molar-refractivity contribution in [3.63, 3.8) is 0 Å². The van der Waals surface area contributed by atoms with Gasteiger partial charge >= 0.3 is 5.69 Å². The van der Waals surface area contributed by atoms with Gasteiger partial charge in [0.15, 0.2) is 0 Å². The molecule has 0 fully saturated rings. The highest BCUT2D eigenvalue weighted by Crippen LogP contribution is 2.43. The van der Waals surface area contributed by atoms with Crippen molar-refractivity contribution in [2.45, 2.75) is 25.8 Å². The topological polar surface area (TPSA) is 127 Å². The Kier molecular flexibility index (Phi) is 5.70. The summed E-state index contributed by atoms with van der Waals surface area (Å²) < 4.78 is 6.66. The number of carbonyl (C=O) groups excluding carboxylic acids is 1. The fraction of sp³-hybridized carbons (Fsp3) is 0.231. The van der Waals surface area contributed by atoms with Crippen LogP contribution in [0, 0.1) is 0 Å². The summed E-state index contributed by atoms with van der Waals surface area (Å²) in [5.74, 6) is -0.350. The van der Waals surface area contributed by atoms with Crippen LogP contribution in [0.15, 0.2) is 63.7 Å². The molecule has 9 nitrogen and oxygen atoms in total. The zero-order valence-electron chi connectivity index (χ0n) is 19.3. The summed E-state index contributed by atoms with van der Waals surface area (Å²) in [6.07, 6.45) is 0.576. The Bertz CT molecular complexity index is 1510. The first-order chi connectivity index (χ1) is 16.9. The van der Waals surface area contributed by atoms with Crippen molar-refractivity contribution in [2.75, 3.05) is 19.0 Å². The molecule has 2 aromatic carbocycles. The fourth-order valence-corrected chi connectivity index (χ4v) is 4.86. The minimum atomic E-state index is -0.641. The Morgan fingerprint density at radius 2 is 1.86 bits per heavy atom. The number of rotatable bonds is 6. The number of benzene rings is 2. The average Bonchev–Trinajstić information content (AvgIpc) is 3.12. The monoisotopic (exact) mass is 473 g/mol. The van der Waals surface area contributed by atoms with Crippen LogP contribution >= 0.6 is 0 Å². The van der Waals surface area contributed by atoms with Crippen molar-refractivity contribution in [3.05, 3.63) is 97.2 Å². The molecule has 1 unspecified atom stereocenters. The van der Waals surface area contributed by atoms with E-state index in [4.69, 9.17) is 4.74 Å². The number of aliphatic hydroxyl groups excluding tert-OH is 1. The lowest BCUT2D eigenvalue weighted by Gasteiger charge is -2.24. The van der Waals surface area contributed by atoms with Gasteiger partial charge in [0.1, 0.15) is 17.0 Å². The molecule has 1 aliphatic carbocycles. The second kappa shape index (κ2) is 8.84. The molecule has 1 atom stereocenters. The van der Waals surface area contributed by atoms with Gasteiger partial charge in [0.25, 0.3) is 11.4 Å². The molecule has 5 rings (SSSR count). The Balaban J connectivity index is 1.76. The van der Waals surface area contributed by atoms with Gasteiger partial charge < -0.3 is 15.2 Å². The van der Waals surface area contributed by atoms with Crippen LogP contribution in [0.1, 0.15) is 41.5 Å². The van der Waals surface area contributed by atoms with Gasteiger partial charge in [-0.25, -0.2) is 9.79 Å². The minimum Gasteiger partial charge on any atom is -0.507 e. The van der Waals surface area contributed by atoms with E-state index in [0.29, 0.717) is 53.5 Å². The summed E-state index contributed by atoms with van der Waals surface area (Å²) in [6, 6.07) is 14.6. The minimum absolute atomic E-state index is 0.0845. The quantitative estimate of drug-likeness (QED) is 0.400. The molecule has 4 N–H and O–H groups in total. The number of nitrogens with one attached hydrogen (secondary N) is 3. The largest absolute Gasteiger partial charge is 0.507 e. The van der Waals surface area contributed by atoms with Crippen molar-refractivity contribution < 1.29 is 19.6 Å². The van der Waals surface area contributed by atoms with Gasteiger partial charge in [-0.3, -0.25) is 14.6 Å². The van der Waals surface area contributed by atoms with Gasteiger partial charge in [0.05, 0.1) is 18.0 Å². The van der Waals surface area contributed by atoms with Crippen molar-refractivity contribution in [1.29, 1.82) is 0 Å². The third-order valence-corrected chi connectivity index (χ3v) is 6.33. The molecule has 2 aliphatic rings. The Labute approximate surface area is 200 Å². The zero-order valence-corrected chi connectivity index (χ0v) is 19.3. The number of fused-ring (bicyclic) bond motifs is 4. The highest BCUT2D eigenvalue weighted by Gasteiger charge is 2.44. The number of aromatic nitrogens is 2. The number of H-pyrrole nitrogens is 1. The maximum atomic E-state index is 13.2. The van der Waals surface area contributed by atoms with E-state index in [1.807, 2.05) is 36.4 Å². The molecule has 0 saturated carbocycles. The van der Waals surface area contributed by atoms with Gasteiger partial charge in [-0.05, 0) is 23.8 Å². The maximum Gasteiger partial charge on any atom is 0.415 e. The van der Waals surface area contributed by atoms with Gasteiger partial charge in [-0.2, -0.15) is 4.57 Å². The van der Waals surface area contributed by atoms with Crippen LogP contribution in [0.5, 0.6) is 0 Å². The summed E-state index contributed by atoms with van der Waals surface area (Å²) in [5.41, 5.74) is 3.33. The maximum absolute atomic E-state index is 13.2. The zero-order chi connectivity index (χ0) is 24.7. The van der Waals surface area contributed by atoms with Crippen LogP contribution in [0.4, 0.5) is 11.5 Å². The van der Waals surface area contributed by atoms with Gasteiger partial charge in [0.2, 0.25) is 5.91 Å². The predicted molar refractivity (Wildman–Crippen MR) is 131 cm³/mol. The molecular weight excluding hydrogens is 448 g/mol. The first-order valence-corrected chi connectivity index (χ1v) is 11.3. The number of allylic oxidation sites excluding steroid dienone is 1. The van der Waals surface area contributed by atoms with Gasteiger partial charge in [-0.15, -0.1) is 0 Å². The number of hydrogen-bond acceptors (Lipinski definition) is 5. The van der Waals surface area contributed by atoms with E-state index in [1.165, 1.54) is 11.5 Å². The molecule has 3 aromatic rings. The van der Waals surface area contributed by atoms with Crippen LogP contribution in [-0.2, 0) is 16.1 Å². The number of anilines is 1. The van der Waals surface area contributed by atoms with Crippen LogP contribution in [0.25, 0.3) is 5.76 Å². The van der Waals surface area contributed by atoms with Crippen LogP contribution in [-0.4, -0.2) is 40.0 Å². The van der Waals surface area contributed by atoms with Crippen molar-refractivity contribution in [1.82, 2.24) is 9.55 Å². The Morgan fingerprint density at radius 1 is 1.14 bits per heavy atom. The SMILES string of the molecule is COCCCn1c2c(c(=O)[nH]c1=O)C(c1ccc(NC(C)=O)cc1)C1=C(O)c3ccccc3C1=[NH+]2. The highest BCUT2D eigenvalue weighted by molar-refractivity contribution is 6.21. The summed E-state index contributed by atoms with van der Waals surface area (Å²) in [6.45, 7) is 2.23. The summed E-state index contributed by atoms with van der Waals surface area (Å²) in [5, 5.41) is 14.0. The molecule has 1 amide bonds. The van der Waals surface area contributed by atoms with Crippen molar-refractivity contribution in [2.24, 2.45) is 0 Å². The smallest absolute Gasteiger partial charge is 0.415 e. The second-order valence-electron chi connectivity index (χ2n) is 8.56. The summed E-state index contributed by atoms with van der Waals surface area (Å²) >= 11 is 0. The lowest BCUT2D eigenvalue weighted by molar-refractivity contribution is -0.364. The van der Waals surface area contributed by atoms with E-state index in [1.54, 1.807) is 19.2 Å². The molecule has 0 saturated heterocycles. The number of amides is 1. The van der Waals surface area contributed by atoms with Crippen molar-refractivity contribution >= 4 is 28.9 Å². The molecule has 35 heavy (non-hydrogen) atoms. The van der Waals surface area contributed by atoms with E-state index in [9.17, 15) is 19.5 Å². The van der Waals surface area contributed by atoms with Crippen LogP contribution in [0.3, 0.4) is 0 Å². The Morgan fingerprint density at radius 3 is 2.54 bits per heavy atom. The summed E-state index contributed by atoms with van der Waals surface area (Å²) in [7, 11) is 1.59. The average molecular weight is 474 g/mol. The molecule has 1 aromatic heterocycles. The lowest BCUT2D eigenvalue weighted by Crippen LogP contribution is -2.72. The predicted octanol–water partition coefficient (Wildman–Crippen LogP) is 1.16. The number of nitrogens with zero attached hydrogens (tertiary/aromatic N) is 1. The number of hydrogen-bond donors (Lipinski definition) is 4. The molecule has 2 heterocycles. The number of aliphatic hydroxyl groups is 1. The standard InChI is InChI=1S/C26H24N4O5/c1-14(31)27-16-10-8-15(9-11-16)19-20-22(17-6-3-4-7-18(17)23(20)32)28-24-21(19)25(33)29-26(34)30(24)12-5-13-35-2/h3-4,6-11,19,32H,5,12-13H2,1-2H3,(H,27,31)(H,29,33,34)/p+1. The third kappa shape index (κ3) is 3.79. The molecule has 9 heteroatoms. The fourth-order valence-electron chi connectivity index (χ4n) is 4.86. The van der Waals surface area contributed by atoms with E-state index in [-0.39, 0.29) is 11.7 Å². The molecular formula is C26H25N4O5+. The van der Waals surface area contributed by atoms with Gasteiger partial charge in [-0.1, -0.05) is 30.3 Å². The third-order valence-electron chi connectivity index (χ3n) is 6.33. The molecule has 0 spiro atoms. The lowest BCUT2D eigenvalue weighted by atomic mass is 9.81. The molecule has 178 valence electrons. The molecule has 0 bridgehead atoms. The van der Waals surface area contributed by atoms with E-state index < -0.39 is 17.2 Å². The van der Waals surface area contributed by atoms with Crippen LogP contribution in [0.2, 0.25) is 0 Å². The van der Waals surface area contributed by atoms with E-state index in [0.717, 1.165) is 11.1 Å². The van der Waals surface area contributed by atoms with E-state index >= 15 is 0 Å². The molecule has 1 aliphatic heterocycles. The number of methoxy groups -OCH3 is 1. The number of aromatic amines is 1. The van der Waals surface area contributed by atoms with Crippen LogP contribution < -0.4 is 21.6 Å². The first kappa shape index (κ1) is 22.5. The van der Waals surface area contributed by atoms with Gasteiger partial charge in [0, 0.05) is 43.9 Å². The number of ether oxygens (including phenoxy) is 1.